The largest absolute Gasteiger partial charge is 0.379 e. The average Bonchev–Trinajstić information content (AvgIpc) is 3.21. The molecule has 0 atom stereocenters. The molecule has 0 spiro atoms. The number of fused-ring (bicyclic) bond motifs is 1. The molecule has 1 N–H and O–H groups in total. The Hall–Kier alpha value is -2.91. The highest BCUT2D eigenvalue weighted by Gasteiger charge is 2.27. The van der Waals surface area contributed by atoms with Crippen molar-refractivity contribution in [2.24, 2.45) is 0 Å². The van der Waals surface area contributed by atoms with Crippen molar-refractivity contribution in [3.63, 3.8) is 0 Å². The van der Waals surface area contributed by atoms with Gasteiger partial charge in [-0.25, -0.2) is 13.4 Å². The van der Waals surface area contributed by atoms with E-state index < -0.39 is 10.0 Å². The highest BCUT2D eigenvalue weighted by molar-refractivity contribution is 7.99. The first kappa shape index (κ1) is 24.2. The molecule has 4 rings (SSSR count). The van der Waals surface area contributed by atoms with E-state index in [-0.39, 0.29) is 16.6 Å². The zero-order valence-electron chi connectivity index (χ0n) is 18.7. The van der Waals surface area contributed by atoms with Gasteiger partial charge in [-0.15, -0.1) is 0 Å². The van der Waals surface area contributed by atoms with E-state index in [1.807, 2.05) is 23.6 Å². The number of nitrogens with one attached hydrogen (secondary N) is 1. The Morgan fingerprint density at radius 2 is 1.94 bits per heavy atom. The number of anilines is 1. The van der Waals surface area contributed by atoms with Gasteiger partial charge in [-0.2, -0.15) is 9.57 Å². The predicted octanol–water partition coefficient (Wildman–Crippen LogP) is 2.87. The first-order chi connectivity index (χ1) is 16.4. The maximum atomic E-state index is 13.0. The molecule has 178 valence electrons. The molecule has 0 unspecified atom stereocenters. The third kappa shape index (κ3) is 5.26. The van der Waals surface area contributed by atoms with Gasteiger partial charge in [0.15, 0.2) is 5.16 Å². The fraction of sp³-hybridized carbons (Fsp3) is 0.348. The molecule has 1 saturated heterocycles. The van der Waals surface area contributed by atoms with Gasteiger partial charge < -0.3 is 14.6 Å². The summed E-state index contributed by atoms with van der Waals surface area (Å²) in [7, 11) is -3.62. The van der Waals surface area contributed by atoms with Crippen molar-refractivity contribution in [3.05, 3.63) is 48.0 Å². The number of amides is 1. The van der Waals surface area contributed by atoms with Gasteiger partial charge >= 0.3 is 0 Å². The molecule has 1 aliphatic rings. The molecule has 0 bridgehead atoms. The molecule has 0 radical (unpaired) electrons. The van der Waals surface area contributed by atoms with Gasteiger partial charge in [0.05, 0.1) is 47.4 Å². The fourth-order valence-corrected chi connectivity index (χ4v) is 6.03. The Labute approximate surface area is 202 Å². The lowest BCUT2D eigenvalue weighted by atomic mass is 10.1. The minimum Gasteiger partial charge on any atom is -0.379 e. The van der Waals surface area contributed by atoms with Crippen LogP contribution in [0.1, 0.15) is 12.5 Å². The van der Waals surface area contributed by atoms with E-state index in [2.05, 4.69) is 16.4 Å². The topological polar surface area (TPSA) is 117 Å². The number of imidazole rings is 1. The Kier molecular flexibility index (Phi) is 7.53. The first-order valence-corrected chi connectivity index (χ1v) is 13.3. The van der Waals surface area contributed by atoms with Crippen LogP contribution in [0.25, 0.3) is 11.0 Å². The molecule has 1 fully saturated rings. The summed E-state index contributed by atoms with van der Waals surface area (Å²) < 4.78 is 34.7. The molecular weight excluding hydrogens is 474 g/mol. The Bertz CT molecular complexity index is 1320. The molecular formula is C23H25N5O4S2. The number of hydrogen-bond donors (Lipinski definition) is 1. The summed E-state index contributed by atoms with van der Waals surface area (Å²) in [5.74, 6) is -0.0225. The van der Waals surface area contributed by atoms with Crippen LogP contribution in [0.5, 0.6) is 0 Å². The average molecular weight is 500 g/mol. The summed E-state index contributed by atoms with van der Waals surface area (Å²) in [6.07, 6.45) is 0.326. The van der Waals surface area contributed by atoms with Gasteiger partial charge in [0.2, 0.25) is 15.9 Å². The lowest BCUT2D eigenvalue weighted by molar-refractivity contribution is -0.113. The number of carbonyl (C=O) groups excluding carboxylic acids is 1. The number of aromatic nitrogens is 2. The lowest BCUT2D eigenvalue weighted by Gasteiger charge is -2.26. The van der Waals surface area contributed by atoms with Crippen LogP contribution < -0.4 is 5.32 Å². The number of benzene rings is 2. The molecule has 9 nitrogen and oxygen atoms in total. The molecule has 0 aliphatic carbocycles. The number of ether oxygens (including phenoxy) is 1. The smallest absolute Gasteiger partial charge is 0.243 e. The number of rotatable bonds is 8. The van der Waals surface area contributed by atoms with Crippen LogP contribution in [0.4, 0.5) is 5.69 Å². The van der Waals surface area contributed by atoms with E-state index in [4.69, 9.17) is 10.00 Å². The van der Waals surface area contributed by atoms with E-state index in [0.717, 1.165) is 11.1 Å². The van der Waals surface area contributed by atoms with E-state index in [9.17, 15) is 13.2 Å². The second-order valence-corrected chi connectivity index (χ2v) is 10.6. The van der Waals surface area contributed by atoms with Crippen LogP contribution in [-0.4, -0.2) is 60.2 Å². The Balaban J connectivity index is 1.48. The summed E-state index contributed by atoms with van der Waals surface area (Å²) in [5.41, 5.74) is 2.95. The van der Waals surface area contributed by atoms with Gasteiger partial charge in [0, 0.05) is 25.3 Å². The van der Waals surface area contributed by atoms with Gasteiger partial charge in [0.25, 0.3) is 0 Å². The summed E-state index contributed by atoms with van der Waals surface area (Å²) in [4.78, 5) is 17.3. The molecule has 11 heteroatoms. The molecule has 3 aromatic rings. The van der Waals surface area contributed by atoms with Crippen molar-refractivity contribution >= 4 is 44.4 Å². The second kappa shape index (κ2) is 10.6. The van der Waals surface area contributed by atoms with Crippen molar-refractivity contribution in [3.8, 4) is 6.07 Å². The SMILES string of the molecule is CCn1c(SCC(=O)Nc2ccc(CC#N)cc2)nc2cc(S(=O)(=O)N3CCOCC3)ccc21. The molecule has 34 heavy (non-hydrogen) atoms. The first-order valence-electron chi connectivity index (χ1n) is 10.9. The minimum absolute atomic E-state index is 0.155. The van der Waals surface area contributed by atoms with Crippen molar-refractivity contribution in [2.45, 2.75) is 29.9 Å². The Morgan fingerprint density at radius 3 is 2.62 bits per heavy atom. The molecule has 2 heterocycles. The zero-order chi connectivity index (χ0) is 24.1. The predicted molar refractivity (Wildman–Crippen MR) is 130 cm³/mol. The third-order valence-corrected chi connectivity index (χ3v) is 8.33. The Morgan fingerprint density at radius 1 is 1.21 bits per heavy atom. The maximum Gasteiger partial charge on any atom is 0.243 e. The number of thioether (sulfide) groups is 1. The van der Waals surface area contributed by atoms with Gasteiger partial charge in [0.1, 0.15) is 0 Å². The fourth-order valence-electron chi connectivity index (χ4n) is 3.72. The van der Waals surface area contributed by atoms with E-state index in [1.165, 1.54) is 16.1 Å². The number of sulfonamides is 1. The lowest BCUT2D eigenvalue weighted by Crippen LogP contribution is -2.40. The number of nitriles is 1. The summed E-state index contributed by atoms with van der Waals surface area (Å²) >= 11 is 1.30. The van der Waals surface area contributed by atoms with E-state index in [0.29, 0.717) is 55.6 Å². The van der Waals surface area contributed by atoms with Crippen molar-refractivity contribution in [1.29, 1.82) is 5.26 Å². The number of morpholine rings is 1. The highest BCUT2D eigenvalue weighted by atomic mass is 32.2. The summed E-state index contributed by atoms with van der Waals surface area (Å²) in [5, 5.41) is 12.2. The van der Waals surface area contributed by atoms with Gasteiger partial charge in [-0.1, -0.05) is 23.9 Å². The molecule has 1 aliphatic heterocycles. The molecule has 1 amide bonds. The normalized spacial score (nSPS) is 14.7. The van der Waals surface area contributed by atoms with Crippen LogP contribution in [0.15, 0.2) is 52.5 Å². The van der Waals surface area contributed by atoms with Crippen LogP contribution in [0.3, 0.4) is 0 Å². The summed E-state index contributed by atoms with van der Waals surface area (Å²) in [6.45, 7) is 4.06. The molecule has 2 aromatic carbocycles. The van der Waals surface area contributed by atoms with E-state index in [1.54, 1.807) is 30.3 Å². The number of carbonyl (C=O) groups is 1. The standard InChI is InChI=1S/C23H25N5O4S2/c1-2-28-21-8-7-19(34(30,31)27-11-13-32-14-12-27)15-20(21)26-23(28)33-16-22(29)25-18-5-3-17(4-6-18)9-10-24/h3-8,15H,2,9,11-14,16H2,1H3,(H,25,29). The number of hydrogen-bond acceptors (Lipinski definition) is 7. The summed E-state index contributed by atoms with van der Waals surface area (Å²) in [6, 6.07) is 14.2. The van der Waals surface area contributed by atoms with E-state index >= 15 is 0 Å². The van der Waals surface area contributed by atoms with Gasteiger partial charge in [-0.05, 0) is 42.8 Å². The maximum absolute atomic E-state index is 13.0. The van der Waals surface area contributed by atoms with Crippen molar-refractivity contribution in [2.75, 3.05) is 37.4 Å². The highest BCUT2D eigenvalue weighted by Crippen LogP contribution is 2.27. The van der Waals surface area contributed by atoms with Gasteiger partial charge in [-0.3, -0.25) is 4.79 Å². The third-order valence-electron chi connectivity index (χ3n) is 5.46. The molecule has 1 aromatic heterocycles. The zero-order valence-corrected chi connectivity index (χ0v) is 20.4. The molecule has 0 saturated carbocycles. The van der Waals surface area contributed by atoms with Crippen LogP contribution in [0.2, 0.25) is 0 Å². The van der Waals surface area contributed by atoms with Crippen molar-refractivity contribution in [1.82, 2.24) is 13.9 Å². The minimum atomic E-state index is -3.62. The van der Waals surface area contributed by atoms with Crippen LogP contribution >= 0.6 is 11.8 Å². The number of aryl methyl sites for hydroxylation is 1. The second-order valence-electron chi connectivity index (χ2n) is 7.67. The monoisotopic (exact) mass is 499 g/mol. The van der Waals surface area contributed by atoms with Crippen LogP contribution in [-0.2, 0) is 32.5 Å². The quantitative estimate of drug-likeness (QED) is 0.474. The van der Waals surface area contributed by atoms with Crippen LogP contribution in [0, 0.1) is 11.3 Å². The van der Waals surface area contributed by atoms with Crippen molar-refractivity contribution < 1.29 is 17.9 Å². The number of nitrogens with zero attached hydrogens (tertiary/aromatic N) is 4.